The lowest BCUT2D eigenvalue weighted by molar-refractivity contribution is 0.386. The van der Waals surface area contributed by atoms with Gasteiger partial charge in [-0.25, -0.2) is 0 Å². The molecule has 5 heteroatoms. The Bertz CT molecular complexity index is 436. The van der Waals surface area contributed by atoms with Crippen molar-refractivity contribution in [2.75, 3.05) is 6.54 Å². The smallest absolute Gasteiger partial charge is 0.223 e. The lowest BCUT2D eigenvalue weighted by atomic mass is 10.2. The predicted octanol–water partition coefficient (Wildman–Crippen LogP) is 1.73. The van der Waals surface area contributed by atoms with E-state index < -0.39 is 0 Å². The summed E-state index contributed by atoms with van der Waals surface area (Å²) in [7, 11) is 0. The Kier molecular flexibility index (Phi) is 3.93. The molecule has 2 aromatic heterocycles. The fourth-order valence-electron chi connectivity index (χ4n) is 1.68. The zero-order valence-electron chi connectivity index (χ0n) is 10.1. The summed E-state index contributed by atoms with van der Waals surface area (Å²) in [5.41, 5.74) is 0. The maximum atomic E-state index is 5.29. The van der Waals surface area contributed by atoms with Gasteiger partial charge in [0, 0.05) is 32.4 Å². The molecule has 0 spiro atoms. The highest BCUT2D eigenvalue weighted by molar-refractivity contribution is 5.00. The molecule has 0 saturated heterocycles. The number of hydrogen-bond donors (Lipinski definition) is 1. The van der Waals surface area contributed by atoms with Crippen LogP contribution in [0.3, 0.4) is 0 Å². The average molecular weight is 235 g/mol. The van der Waals surface area contributed by atoms with Gasteiger partial charge in [0.2, 0.25) is 5.89 Å². The van der Waals surface area contributed by atoms with Gasteiger partial charge in [0.15, 0.2) is 5.82 Å². The molecular weight excluding hydrogens is 218 g/mol. The molecule has 17 heavy (non-hydrogen) atoms. The Morgan fingerprint density at radius 2 is 2.35 bits per heavy atom. The second kappa shape index (κ2) is 5.63. The van der Waals surface area contributed by atoms with Crippen molar-refractivity contribution >= 4 is 0 Å². The van der Waals surface area contributed by atoms with Gasteiger partial charge < -0.3 is 14.3 Å². The molecule has 2 rings (SSSR count). The minimum absolute atomic E-state index is 0.370. The summed E-state index contributed by atoms with van der Waals surface area (Å²) in [6.07, 6.45) is 3.36. The van der Waals surface area contributed by atoms with Crippen LogP contribution in [0, 0.1) is 6.92 Å². The monoisotopic (exact) mass is 235 g/mol. The molecular formula is C12H17N3O2. The third-order valence-electron chi connectivity index (χ3n) is 2.50. The zero-order valence-corrected chi connectivity index (χ0v) is 10.1. The third kappa shape index (κ3) is 3.71. The standard InChI is InChI=1S/C12H17N3O2/c1-9(8-11-4-3-7-16-11)13-6-5-12-14-10(2)17-15-12/h3-4,7,9,13H,5-6,8H2,1-2H3. The number of hydrogen-bond acceptors (Lipinski definition) is 5. The lowest BCUT2D eigenvalue weighted by Crippen LogP contribution is -2.30. The van der Waals surface area contributed by atoms with Gasteiger partial charge in [-0.1, -0.05) is 5.16 Å². The molecule has 0 aliphatic carbocycles. The molecule has 0 aliphatic rings. The van der Waals surface area contributed by atoms with E-state index in [4.69, 9.17) is 8.94 Å². The van der Waals surface area contributed by atoms with Crippen molar-refractivity contribution in [2.24, 2.45) is 0 Å². The van der Waals surface area contributed by atoms with E-state index in [1.54, 1.807) is 13.2 Å². The largest absolute Gasteiger partial charge is 0.469 e. The van der Waals surface area contributed by atoms with Gasteiger partial charge in [-0.2, -0.15) is 4.98 Å². The molecule has 1 atom stereocenters. The van der Waals surface area contributed by atoms with Crippen LogP contribution in [0.2, 0.25) is 0 Å². The minimum atomic E-state index is 0.370. The Labute approximate surface area is 100 Å². The summed E-state index contributed by atoms with van der Waals surface area (Å²) in [6, 6.07) is 4.26. The molecule has 0 bridgehead atoms. The maximum absolute atomic E-state index is 5.29. The second-order valence-corrected chi connectivity index (χ2v) is 4.12. The first kappa shape index (κ1) is 11.9. The summed E-state index contributed by atoms with van der Waals surface area (Å²) >= 11 is 0. The Morgan fingerprint density at radius 1 is 1.47 bits per heavy atom. The molecule has 0 fully saturated rings. The lowest BCUT2D eigenvalue weighted by Gasteiger charge is -2.10. The van der Waals surface area contributed by atoms with Crippen molar-refractivity contribution in [1.29, 1.82) is 0 Å². The SMILES string of the molecule is Cc1nc(CCNC(C)Cc2ccco2)no1. The van der Waals surface area contributed by atoms with E-state index >= 15 is 0 Å². The van der Waals surface area contributed by atoms with Crippen LogP contribution in [0.15, 0.2) is 27.3 Å². The number of rotatable bonds is 6. The first-order valence-corrected chi connectivity index (χ1v) is 5.79. The van der Waals surface area contributed by atoms with Crippen molar-refractivity contribution in [3.63, 3.8) is 0 Å². The molecule has 1 unspecified atom stereocenters. The van der Waals surface area contributed by atoms with Crippen LogP contribution in [0.1, 0.15) is 24.4 Å². The summed E-state index contributed by atoms with van der Waals surface area (Å²) in [5.74, 6) is 2.37. The Hall–Kier alpha value is -1.62. The highest BCUT2D eigenvalue weighted by atomic mass is 16.5. The van der Waals surface area contributed by atoms with Crippen LogP contribution in [0.25, 0.3) is 0 Å². The topological polar surface area (TPSA) is 64.1 Å². The zero-order chi connectivity index (χ0) is 12.1. The Morgan fingerprint density at radius 3 is 3.00 bits per heavy atom. The highest BCUT2D eigenvalue weighted by Gasteiger charge is 2.06. The highest BCUT2D eigenvalue weighted by Crippen LogP contribution is 2.03. The molecule has 0 saturated carbocycles. The number of nitrogens with one attached hydrogen (secondary N) is 1. The van der Waals surface area contributed by atoms with E-state index in [1.807, 2.05) is 12.1 Å². The van der Waals surface area contributed by atoms with E-state index in [9.17, 15) is 0 Å². The molecule has 1 N–H and O–H groups in total. The average Bonchev–Trinajstić information content (AvgIpc) is 2.90. The van der Waals surface area contributed by atoms with E-state index in [0.717, 1.165) is 31.0 Å². The van der Waals surface area contributed by atoms with Crippen molar-refractivity contribution in [3.05, 3.63) is 35.9 Å². The van der Waals surface area contributed by atoms with Crippen LogP contribution in [0.5, 0.6) is 0 Å². The van der Waals surface area contributed by atoms with E-state index in [1.165, 1.54) is 0 Å². The van der Waals surface area contributed by atoms with Gasteiger partial charge in [0.1, 0.15) is 5.76 Å². The van der Waals surface area contributed by atoms with Gasteiger partial charge in [-0.3, -0.25) is 0 Å². The van der Waals surface area contributed by atoms with Gasteiger partial charge in [0.05, 0.1) is 6.26 Å². The summed E-state index contributed by atoms with van der Waals surface area (Å²) < 4.78 is 10.2. The van der Waals surface area contributed by atoms with Gasteiger partial charge in [-0.15, -0.1) is 0 Å². The molecule has 0 aromatic carbocycles. The summed E-state index contributed by atoms with van der Waals surface area (Å²) in [4.78, 5) is 4.15. The summed E-state index contributed by atoms with van der Waals surface area (Å²) in [5, 5.41) is 7.24. The van der Waals surface area contributed by atoms with Crippen LogP contribution in [0.4, 0.5) is 0 Å². The molecule has 5 nitrogen and oxygen atoms in total. The first-order valence-electron chi connectivity index (χ1n) is 5.79. The number of furan rings is 1. The predicted molar refractivity (Wildman–Crippen MR) is 62.6 cm³/mol. The van der Waals surface area contributed by atoms with E-state index in [2.05, 4.69) is 22.4 Å². The van der Waals surface area contributed by atoms with Crippen molar-refractivity contribution in [1.82, 2.24) is 15.5 Å². The molecule has 0 radical (unpaired) electrons. The number of nitrogens with zero attached hydrogens (tertiary/aromatic N) is 2. The fourth-order valence-corrected chi connectivity index (χ4v) is 1.68. The van der Waals surface area contributed by atoms with E-state index in [-0.39, 0.29) is 0 Å². The number of aryl methyl sites for hydroxylation is 1. The van der Waals surface area contributed by atoms with Gasteiger partial charge >= 0.3 is 0 Å². The first-order chi connectivity index (χ1) is 8.24. The summed E-state index contributed by atoms with van der Waals surface area (Å²) in [6.45, 7) is 4.76. The third-order valence-corrected chi connectivity index (χ3v) is 2.50. The van der Waals surface area contributed by atoms with Crippen molar-refractivity contribution in [3.8, 4) is 0 Å². The quantitative estimate of drug-likeness (QED) is 0.826. The van der Waals surface area contributed by atoms with Crippen LogP contribution < -0.4 is 5.32 Å². The van der Waals surface area contributed by atoms with Crippen LogP contribution in [-0.2, 0) is 12.8 Å². The molecule has 0 aliphatic heterocycles. The maximum Gasteiger partial charge on any atom is 0.223 e. The molecule has 0 amide bonds. The minimum Gasteiger partial charge on any atom is -0.469 e. The van der Waals surface area contributed by atoms with Gasteiger partial charge in [-0.05, 0) is 19.1 Å². The molecule has 92 valence electrons. The van der Waals surface area contributed by atoms with E-state index in [0.29, 0.717) is 11.9 Å². The van der Waals surface area contributed by atoms with Crippen molar-refractivity contribution in [2.45, 2.75) is 32.7 Å². The normalized spacial score (nSPS) is 12.8. The van der Waals surface area contributed by atoms with Crippen LogP contribution >= 0.6 is 0 Å². The second-order valence-electron chi connectivity index (χ2n) is 4.12. The molecule has 2 heterocycles. The van der Waals surface area contributed by atoms with Crippen molar-refractivity contribution < 1.29 is 8.94 Å². The molecule has 2 aromatic rings. The Balaban J connectivity index is 1.68. The fraction of sp³-hybridized carbons (Fsp3) is 0.500. The van der Waals surface area contributed by atoms with Crippen LogP contribution in [-0.4, -0.2) is 22.7 Å². The number of aromatic nitrogens is 2. The van der Waals surface area contributed by atoms with Gasteiger partial charge in [0.25, 0.3) is 0 Å².